The van der Waals surface area contributed by atoms with Gasteiger partial charge in [0.05, 0.1) is 25.8 Å². The molecule has 2 rings (SSSR count). The van der Waals surface area contributed by atoms with Crippen molar-refractivity contribution in [2.45, 2.75) is 18.9 Å². The summed E-state index contributed by atoms with van der Waals surface area (Å²) in [5, 5.41) is 9.19. The monoisotopic (exact) mass is 367 g/mol. The number of halogens is 2. The van der Waals surface area contributed by atoms with Crippen molar-refractivity contribution in [3.8, 4) is 0 Å². The van der Waals surface area contributed by atoms with Gasteiger partial charge < -0.3 is 10.0 Å². The smallest absolute Gasteiger partial charge is 0.256 e. The van der Waals surface area contributed by atoms with E-state index >= 15 is 0 Å². The summed E-state index contributed by atoms with van der Waals surface area (Å²) in [6, 6.07) is 1.81. The second-order valence-corrected chi connectivity index (χ2v) is 7.46. The normalized spacial score (nSPS) is 20.4. The number of rotatable bonds is 2. The van der Waals surface area contributed by atoms with Crippen LogP contribution in [0.3, 0.4) is 0 Å². The van der Waals surface area contributed by atoms with Crippen LogP contribution in [-0.2, 0) is 0 Å². The molecule has 0 radical (unpaired) electrons. The fourth-order valence-corrected chi connectivity index (χ4v) is 4.71. The topological polar surface area (TPSA) is 40.5 Å². The van der Waals surface area contributed by atoms with E-state index in [9.17, 15) is 9.90 Å². The molecular weight excluding hydrogens is 358 g/mol. The van der Waals surface area contributed by atoms with Gasteiger partial charge in [-0.25, -0.2) is 0 Å². The zero-order chi connectivity index (χ0) is 11.7. The summed E-state index contributed by atoms with van der Waals surface area (Å²) in [5.41, 5.74) is 0.678. The predicted octanol–water partition coefficient (Wildman–Crippen LogP) is 2.87. The van der Waals surface area contributed by atoms with Crippen LogP contribution in [0.15, 0.2) is 13.6 Å². The SMILES string of the molecule is O=C(c1cc(Br)sc1Br)N1CCC[C@H]1CO. The van der Waals surface area contributed by atoms with E-state index in [2.05, 4.69) is 31.9 Å². The number of carbonyl (C=O) groups excluding carboxylic acids is 1. The highest BCUT2D eigenvalue weighted by Gasteiger charge is 2.30. The van der Waals surface area contributed by atoms with Gasteiger partial charge in [0.15, 0.2) is 0 Å². The lowest BCUT2D eigenvalue weighted by molar-refractivity contribution is 0.0677. The average Bonchev–Trinajstić information content (AvgIpc) is 2.83. The van der Waals surface area contributed by atoms with Crippen LogP contribution in [0.5, 0.6) is 0 Å². The largest absolute Gasteiger partial charge is 0.394 e. The van der Waals surface area contributed by atoms with E-state index in [0.29, 0.717) is 5.56 Å². The molecule has 2 heterocycles. The fourth-order valence-electron chi connectivity index (χ4n) is 1.93. The molecule has 88 valence electrons. The third-order valence-corrected chi connectivity index (χ3v) is 5.08. The van der Waals surface area contributed by atoms with Crippen molar-refractivity contribution in [1.29, 1.82) is 0 Å². The van der Waals surface area contributed by atoms with Gasteiger partial charge in [-0.1, -0.05) is 0 Å². The van der Waals surface area contributed by atoms with Gasteiger partial charge in [-0.15, -0.1) is 11.3 Å². The Morgan fingerprint density at radius 3 is 2.94 bits per heavy atom. The molecule has 0 spiro atoms. The average molecular weight is 369 g/mol. The second kappa shape index (κ2) is 5.16. The van der Waals surface area contributed by atoms with E-state index in [1.165, 1.54) is 11.3 Å². The molecule has 0 aromatic carbocycles. The maximum Gasteiger partial charge on any atom is 0.256 e. The molecule has 0 bridgehead atoms. The summed E-state index contributed by atoms with van der Waals surface area (Å²) in [7, 11) is 0. The summed E-state index contributed by atoms with van der Waals surface area (Å²) < 4.78 is 1.77. The number of hydrogen-bond donors (Lipinski definition) is 1. The molecule has 0 saturated carbocycles. The first-order valence-corrected chi connectivity index (χ1v) is 7.40. The number of thiophene rings is 1. The Labute approximate surface area is 115 Å². The highest BCUT2D eigenvalue weighted by Crippen LogP contribution is 2.33. The third kappa shape index (κ3) is 2.34. The molecule has 1 N–H and O–H groups in total. The molecule has 6 heteroatoms. The van der Waals surface area contributed by atoms with Crippen molar-refractivity contribution >= 4 is 49.1 Å². The van der Waals surface area contributed by atoms with Crippen LogP contribution >= 0.6 is 43.2 Å². The van der Waals surface area contributed by atoms with E-state index in [1.807, 2.05) is 6.07 Å². The number of hydrogen-bond acceptors (Lipinski definition) is 3. The fraction of sp³-hybridized carbons (Fsp3) is 0.500. The Balaban J connectivity index is 2.21. The number of nitrogens with zero attached hydrogens (tertiary/aromatic N) is 1. The van der Waals surface area contributed by atoms with Crippen molar-refractivity contribution in [3.05, 3.63) is 19.2 Å². The summed E-state index contributed by atoms with van der Waals surface area (Å²) >= 11 is 8.23. The minimum atomic E-state index is -0.0157. The number of aliphatic hydroxyl groups excluding tert-OH is 1. The Kier molecular flexibility index (Phi) is 4.05. The molecule has 1 atom stereocenters. The molecule has 1 aliphatic heterocycles. The van der Waals surface area contributed by atoms with Gasteiger partial charge in [0.25, 0.3) is 5.91 Å². The van der Waals surface area contributed by atoms with Crippen molar-refractivity contribution < 1.29 is 9.90 Å². The lowest BCUT2D eigenvalue weighted by Gasteiger charge is -2.22. The maximum atomic E-state index is 12.2. The summed E-state index contributed by atoms with van der Waals surface area (Å²) in [6.45, 7) is 0.790. The van der Waals surface area contributed by atoms with Crippen molar-refractivity contribution in [3.63, 3.8) is 0 Å². The standard InChI is InChI=1S/C10H11Br2NO2S/c11-8-4-7(9(12)16-8)10(15)13-3-1-2-6(13)5-14/h4,6,14H,1-3,5H2/t6-/m0/s1. The molecule has 1 aromatic rings. The molecule has 0 unspecified atom stereocenters. The minimum absolute atomic E-state index is 0.00498. The van der Waals surface area contributed by atoms with Crippen LogP contribution in [0.1, 0.15) is 23.2 Å². The highest BCUT2D eigenvalue weighted by atomic mass is 79.9. The van der Waals surface area contributed by atoms with E-state index in [0.717, 1.165) is 27.0 Å². The quantitative estimate of drug-likeness (QED) is 0.871. The first-order chi connectivity index (χ1) is 7.63. The Hall–Kier alpha value is 0.0900. The molecule has 1 saturated heterocycles. The molecule has 16 heavy (non-hydrogen) atoms. The molecule has 1 aliphatic rings. The van der Waals surface area contributed by atoms with Crippen LogP contribution in [-0.4, -0.2) is 35.1 Å². The number of aliphatic hydroxyl groups is 1. The molecule has 1 aromatic heterocycles. The van der Waals surface area contributed by atoms with Gasteiger partial charge in [0, 0.05) is 6.54 Å². The zero-order valence-corrected chi connectivity index (χ0v) is 12.4. The van der Waals surface area contributed by atoms with Gasteiger partial charge in [-0.3, -0.25) is 4.79 Å². The first-order valence-electron chi connectivity index (χ1n) is 5.00. The van der Waals surface area contributed by atoms with Crippen LogP contribution in [0, 0.1) is 0 Å². The Morgan fingerprint density at radius 1 is 1.62 bits per heavy atom. The van der Waals surface area contributed by atoms with Gasteiger partial charge in [0.2, 0.25) is 0 Å². The second-order valence-electron chi connectivity index (χ2n) is 3.72. The van der Waals surface area contributed by atoms with E-state index < -0.39 is 0 Å². The summed E-state index contributed by atoms with van der Waals surface area (Å²) in [5.74, 6) is 0.00498. The lowest BCUT2D eigenvalue weighted by Crippen LogP contribution is -2.37. The zero-order valence-electron chi connectivity index (χ0n) is 8.45. The van der Waals surface area contributed by atoms with Gasteiger partial charge in [0.1, 0.15) is 0 Å². The van der Waals surface area contributed by atoms with Crippen LogP contribution in [0.2, 0.25) is 0 Å². The van der Waals surface area contributed by atoms with Gasteiger partial charge >= 0.3 is 0 Å². The van der Waals surface area contributed by atoms with Gasteiger partial charge in [-0.2, -0.15) is 0 Å². The number of amides is 1. The van der Waals surface area contributed by atoms with E-state index in [4.69, 9.17) is 0 Å². The van der Waals surface area contributed by atoms with E-state index in [1.54, 1.807) is 4.90 Å². The van der Waals surface area contributed by atoms with Crippen LogP contribution in [0.4, 0.5) is 0 Å². The third-order valence-electron chi connectivity index (χ3n) is 2.74. The predicted molar refractivity (Wildman–Crippen MR) is 70.9 cm³/mol. The first kappa shape index (κ1) is 12.5. The molecule has 1 fully saturated rings. The number of carbonyl (C=O) groups is 1. The lowest BCUT2D eigenvalue weighted by atomic mass is 10.2. The van der Waals surface area contributed by atoms with Crippen molar-refractivity contribution in [2.24, 2.45) is 0 Å². The van der Waals surface area contributed by atoms with Crippen LogP contribution < -0.4 is 0 Å². The Bertz CT molecular complexity index is 408. The van der Waals surface area contributed by atoms with Crippen molar-refractivity contribution in [1.82, 2.24) is 4.90 Å². The molecular formula is C10H11Br2NO2S. The van der Waals surface area contributed by atoms with Crippen LogP contribution in [0.25, 0.3) is 0 Å². The van der Waals surface area contributed by atoms with Crippen molar-refractivity contribution in [2.75, 3.05) is 13.2 Å². The Morgan fingerprint density at radius 2 is 2.38 bits per heavy atom. The molecule has 1 amide bonds. The molecule has 3 nitrogen and oxygen atoms in total. The number of likely N-dealkylation sites (tertiary alicyclic amines) is 1. The highest BCUT2D eigenvalue weighted by molar-refractivity contribution is 9.12. The van der Waals surface area contributed by atoms with Gasteiger partial charge in [-0.05, 0) is 50.8 Å². The maximum absolute atomic E-state index is 12.2. The van der Waals surface area contributed by atoms with E-state index in [-0.39, 0.29) is 18.6 Å². The minimum Gasteiger partial charge on any atom is -0.394 e. The summed E-state index contributed by atoms with van der Waals surface area (Å²) in [6.07, 6.45) is 1.87. The summed E-state index contributed by atoms with van der Waals surface area (Å²) in [4.78, 5) is 14.0. The molecule has 0 aliphatic carbocycles.